The lowest BCUT2D eigenvalue weighted by atomic mass is 9.87. The van der Waals surface area contributed by atoms with E-state index in [4.69, 9.17) is 0 Å². The molecule has 1 aromatic carbocycles. The van der Waals surface area contributed by atoms with E-state index < -0.39 is 0 Å². The zero-order valence-corrected chi connectivity index (χ0v) is 16.2. The van der Waals surface area contributed by atoms with Crippen molar-refractivity contribution in [2.75, 3.05) is 18.4 Å². The van der Waals surface area contributed by atoms with Gasteiger partial charge in [0.05, 0.1) is 4.88 Å². The second-order valence-corrected chi connectivity index (χ2v) is 8.58. The van der Waals surface area contributed by atoms with E-state index in [-0.39, 0.29) is 23.5 Å². The number of nitrogens with zero attached hydrogens (tertiary/aromatic N) is 1. The molecule has 1 fully saturated rings. The third-order valence-corrected chi connectivity index (χ3v) is 6.73. The Labute approximate surface area is 162 Å². The highest BCUT2D eigenvalue weighted by Crippen LogP contribution is 2.34. The minimum absolute atomic E-state index is 0.0334. The number of benzene rings is 1. The Hall–Kier alpha value is -2.21. The van der Waals surface area contributed by atoms with E-state index in [1.807, 2.05) is 11.0 Å². The molecule has 0 spiro atoms. The number of hydrogen-bond acceptors (Lipinski definition) is 3. The number of likely N-dealkylation sites (tertiary alicyclic amines) is 1. The lowest BCUT2D eigenvalue weighted by molar-refractivity contribution is -0.120. The molecule has 2 heterocycles. The molecule has 4 nitrogen and oxygen atoms in total. The number of amides is 2. The second-order valence-electron chi connectivity index (χ2n) is 7.45. The summed E-state index contributed by atoms with van der Waals surface area (Å²) in [5.41, 5.74) is 2.50. The van der Waals surface area contributed by atoms with E-state index in [1.54, 1.807) is 24.3 Å². The molecule has 2 aromatic rings. The normalized spacial score (nSPS) is 19.0. The van der Waals surface area contributed by atoms with Crippen LogP contribution in [0.15, 0.2) is 24.3 Å². The number of halogens is 1. The van der Waals surface area contributed by atoms with Crippen molar-refractivity contribution in [1.29, 1.82) is 0 Å². The SMILES string of the molecule is Cc1cc(F)ccc1NC(=O)C1CCc2sc(C(=O)N3CCCC3)cc2C1. The van der Waals surface area contributed by atoms with Crippen molar-refractivity contribution in [3.8, 4) is 0 Å². The van der Waals surface area contributed by atoms with Crippen LogP contribution in [0.3, 0.4) is 0 Å². The highest BCUT2D eigenvalue weighted by atomic mass is 32.1. The summed E-state index contributed by atoms with van der Waals surface area (Å²) >= 11 is 1.59. The summed E-state index contributed by atoms with van der Waals surface area (Å²) in [7, 11) is 0. The Morgan fingerprint density at radius 2 is 2.00 bits per heavy atom. The van der Waals surface area contributed by atoms with Crippen molar-refractivity contribution in [2.45, 2.75) is 39.0 Å². The fourth-order valence-electron chi connectivity index (χ4n) is 3.93. The Morgan fingerprint density at radius 3 is 2.74 bits per heavy atom. The summed E-state index contributed by atoms with van der Waals surface area (Å²) in [5, 5.41) is 2.93. The topological polar surface area (TPSA) is 49.4 Å². The predicted octanol–water partition coefficient (Wildman–Crippen LogP) is 4.18. The van der Waals surface area contributed by atoms with Crippen molar-refractivity contribution in [3.05, 3.63) is 51.0 Å². The number of aryl methyl sites for hydroxylation is 2. The standard InChI is InChI=1S/C21H23FN2O2S/c1-13-10-16(22)5-6-17(13)23-20(25)14-4-7-18-15(11-14)12-19(27-18)21(26)24-8-2-3-9-24/h5-6,10,12,14H,2-4,7-9,11H2,1H3,(H,23,25). The lowest BCUT2D eigenvalue weighted by Crippen LogP contribution is -2.28. The first-order valence-electron chi connectivity index (χ1n) is 9.49. The summed E-state index contributed by atoms with van der Waals surface area (Å²) in [4.78, 5) is 29.3. The maximum absolute atomic E-state index is 13.2. The van der Waals surface area contributed by atoms with Gasteiger partial charge in [0.2, 0.25) is 5.91 Å². The molecule has 4 rings (SSSR count). The minimum atomic E-state index is -0.304. The number of nitrogens with one attached hydrogen (secondary N) is 1. The third-order valence-electron chi connectivity index (χ3n) is 5.50. The first-order chi connectivity index (χ1) is 13.0. The first-order valence-corrected chi connectivity index (χ1v) is 10.3. The first kappa shape index (κ1) is 18.2. The van der Waals surface area contributed by atoms with Gasteiger partial charge in [-0.05, 0) is 74.4 Å². The fourth-order valence-corrected chi connectivity index (χ4v) is 5.11. The molecular weight excluding hydrogens is 363 g/mol. The summed E-state index contributed by atoms with van der Waals surface area (Å²) in [6, 6.07) is 6.37. The van der Waals surface area contributed by atoms with Gasteiger partial charge in [-0.15, -0.1) is 11.3 Å². The van der Waals surface area contributed by atoms with E-state index in [2.05, 4.69) is 5.32 Å². The zero-order valence-electron chi connectivity index (χ0n) is 15.4. The van der Waals surface area contributed by atoms with Gasteiger partial charge in [0.15, 0.2) is 0 Å². The van der Waals surface area contributed by atoms with Gasteiger partial charge in [-0.25, -0.2) is 4.39 Å². The molecule has 0 bridgehead atoms. The number of anilines is 1. The van der Waals surface area contributed by atoms with Crippen molar-refractivity contribution < 1.29 is 14.0 Å². The van der Waals surface area contributed by atoms with Crippen molar-refractivity contribution in [3.63, 3.8) is 0 Å². The third kappa shape index (κ3) is 3.76. The molecule has 1 aliphatic heterocycles. The van der Waals surface area contributed by atoms with Gasteiger partial charge in [0, 0.05) is 29.6 Å². The van der Waals surface area contributed by atoms with Crippen molar-refractivity contribution in [2.24, 2.45) is 5.92 Å². The molecule has 1 N–H and O–H groups in total. The average molecular weight is 386 g/mol. The van der Waals surface area contributed by atoms with Crippen LogP contribution in [0.2, 0.25) is 0 Å². The molecule has 1 saturated heterocycles. The van der Waals surface area contributed by atoms with E-state index >= 15 is 0 Å². The molecular formula is C21H23FN2O2S. The van der Waals surface area contributed by atoms with Gasteiger partial charge in [0.25, 0.3) is 5.91 Å². The molecule has 1 unspecified atom stereocenters. The molecule has 0 saturated carbocycles. The van der Waals surface area contributed by atoms with Gasteiger partial charge < -0.3 is 10.2 Å². The van der Waals surface area contributed by atoms with Gasteiger partial charge in [-0.2, -0.15) is 0 Å². The highest BCUT2D eigenvalue weighted by Gasteiger charge is 2.29. The van der Waals surface area contributed by atoms with E-state index in [0.717, 1.165) is 49.2 Å². The summed E-state index contributed by atoms with van der Waals surface area (Å²) in [6.45, 7) is 3.49. The van der Waals surface area contributed by atoms with E-state index in [9.17, 15) is 14.0 Å². The largest absolute Gasteiger partial charge is 0.338 e. The van der Waals surface area contributed by atoms with Gasteiger partial charge in [0.1, 0.15) is 5.82 Å². The quantitative estimate of drug-likeness (QED) is 0.860. The maximum atomic E-state index is 13.2. The second kappa shape index (κ2) is 7.43. The molecule has 27 heavy (non-hydrogen) atoms. The monoisotopic (exact) mass is 386 g/mol. The molecule has 1 aromatic heterocycles. The van der Waals surface area contributed by atoms with Crippen LogP contribution < -0.4 is 5.32 Å². The molecule has 2 aliphatic rings. The van der Waals surface area contributed by atoms with E-state index in [1.165, 1.54) is 17.0 Å². The minimum Gasteiger partial charge on any atom is -0.338 e. The Morgan fingerprint density at radius 1 is 1.22 bits per heavy atom. The average Bonchev–Trinajstić information content (AvgIpc) is 3.32. The summed E-state index contributed by atoms with van der Waals surface area (Å²) in [5.74, 6) is -0.323. The molecule has 1 atom stereocenters. The summed E-state index contributed by atoms with van der Waals surface area (Å²) in [6.07, 6.45) is 4.43. The van der Waals surface area contributed by atoms with Crippen LogP contribution in [0.25, 0.3) is 0 Å². The summed E-state index contributed by atoms with van der Waals surface area (Å²) < 4.78 is 13.2. The predicted molar refractivity (Wildman–Crippen MR) is 105 cm³/mol. The number of rotatable bonds is 3. The molecule has 0 radical (unpaired) electrons. The number of hydrogen-bond donors (Lipinski definition) is 1. The lowest BCUT2D eigenvalue weighted by Gasteiger charge is -2.21. The molecule has 6 heteroatoms. The van der Waals surface area contributed by atoms with Gasteiger partial charge >= 0.3 is 0 Å². The van der Waals surface area contributed by atoms with Crippen molar-refractivity contribution in [1.82, 2.24) is 4.90 Å². The maximum Gasteiger partial charge on any atom is 0.263 e. The highest BCUT2D eigenvalue weighted by molar-refractivity contribution is 7.14. The Kier molecular flexibility index (Phi) is 5.00. The molecule has 142 valence electrons. The van der Waals surface area contributed by atoms with Crippen LogP contribution in [-0.4, -0.2) is 29.8 Å². The molecule has 1 aliphatic carbocycles. The van der Waals surface area contributed by atoms with Gasteiger partial charge in [-0.1, -0.05) is 0 Å². The number of carbonyl (C=O) groups excluding carboxylic acids is 2. The van der Waals surface area contributed by atoms with Gasteiger partial charge in [-0.3, -0.25) is 9.59 Å². The zero-order chi connectivity index (χ0) is 19.0. The van der Waals surface area contributed by atoms with Crippen LogP contribution in [0.1, 0.15) is 44.9 Å². The smallest absolute Gasteiger partial charge is 0.263 e. The van der Waals surface area contributed by atoms with Crippen LogP contribution in [0, 0.1) is 18.7 Å². The fraction of sp³-hybridized carbons (Fsp3) is 0.429. The van der Waals surface area contributed by atoms with E-state index in [0.29, 0.717) is 17.7 Å². The van der Waals surface area contributed by atoms with Crippen LogP contribution in [0.5, 0.6) is 0 Å². The van der Waals surface area contributed by atoms with Crippen LogP contribution in [-0.2, 0) is 17.6 Å². The van der Waals surface area contributed by atoms with Crippen LogP contribution in [0.4, 0.5) is 10.1 Å². The Balaban J connectivity index is 1.44. The van der Waals surface area contributed by atoms with Crippen molar-refractivity contribution >= 4 is 28.8 Å². The molecule has 2 amide bonds. The van der Waals surface area contributed by atoms with Crippen LogP contribution >= 0.6 is 11.3 Å². The number of fused-ring (bicyclic) bond motifs is 1. The Bertz CT molecular complexity index is 886. The number of carbonyl (C=O) groups is 2. The number of thiophene rings is 1.